The zero-order chi connectivity index (χ0) is 11.5. The van der Waals surface area contributed by atoms with E-state index in [0.29, 0.717) is 11.5 Å². The van der Waals surface area contributed by atoms with Crippen LogP contribution in [0.5, 0.6) is 0 Å². The normalized spacial score (nSPS) is 19.7. The first-order valence-corrected chi connectivity index (χ1v) is 5.89. The standard InChI is InChI=1S/C13H17F2N/c14-10-6-7-12(15)11(8-10)13(16)9-4-2-1-3-5-9/h6-9,13H,1-5,16H2. The van der Waals surface area contributed by atoms with Crippen molar-refractivity contribution in [1.29, 1.82) is 0 Å². The van der Waals surface area contributed by atoms with Gasteiger partial charge < -0.3 is 5.73 Å². The van der Waals surface area contributed by atoms with Gasteiger partial charge in [-0.2, -0.15) is 0 Å². The van der Waals surface area contributed by atoms with Crippen molar-refractivity contribution in [2.45, 2.75) is 38.1 Å². The van der Waals surface area contributed by atoms with E-state index in [2.05, 4.69) is 0 Å². The van der Waals surface area contributed by atoms with Crippen molar-refractivity contribution in [3.8, 4) is 0 Å². The van der Waals surface area contributed by atoms with Crippen molar-refractivity contribution in [2.75, 3.05) is 0 Å². The third kappa shape index (κ3) is 2.40. The van der Waals surface area contributed by atoms with Crippen LogP contribution in [-0.2, 0) is 0 Å². The molecule has 1 aliphatic carbocycles. The van der Waals surface area contributed by atoms with Crippen LogP contribution < -0.4 is 5.73 Å². The summed E-state index contributed by atoms with van der Waals surface area (Å²) < 4.78 is 26.6. The van der Waals surface area contributed by atoms with Crippen LogP contribution in [-0.4, -0.2) is 0 Å². The van der Waals surface area contributed by atoms with Crippen molar-refractivity contribution in [2.24, 2.45) is 11.7 Å². The van der Waals surface area contributed by atoms with Gasteiger partial charge >= 0.3 is 0 Å². The summed E-state index contributed by atoms with van der Waals surface area (Å²) in [5.41, 5.74) is 6.36. The Hall–Kier alpha value is -0.960. The molecule has 1 unspecified atom stereocenters. The topological polar surface area (TPSA) is 26.0 Å². The molecule has 1 saturated carbocycles. The fraction of sp³-hybridized carbons (Fsp3) is 0.538. The van der Waals surface area contributed by atoms with Gasteiger partial charge in [0.05, 0.1) is 0 Å². The molecule has 0 aliphatic heterocycles. The molecule has 0 saturated heterocycles. The first-order valence-electron chi connectivity index (χ1n) is 5.89. The summed E-state index contributed by atoms with van der Waals surface area (Å²) in [6, 6.07) is 3.16. The Morgan fingerprint density at radius 1 is 1.12 bits per heavy atom. The van der Waals surface area contributed by atoms with Crippen LogP contribution in [0.15, 0.2) is 18.2 Å². The lowest BCUT2D eigenvalue weighted by molar-refractivity contribution is 0.303. The number of hydrogen-bond acceptors (Lipinski definition) is 1. The minimum atomic E-state index is -0.414. The van der Waals surface area contributed by atoms with Gasteiger partial charge in [-0.15, -0.1) is 0 Å². The summed E-state index contributed by atoms with van der Waals surface area (Å²) in [6.45, 7) is 0. The Labute approximate surface area is 94.7 Å². The van der Waals surface area contributed by atoms with E-state index in [1.54, 1.807) is 0 Å². The summed E-state index contributed by atoms with van der Waals surface area (Å²) in [6.07, 6.45) is 5.58. The first kappa shape index (κ1) is 11.5. The molecule has 0 radical (unpaired) electrons. The van der Waals surface area contributed by atoms with Gasteiger partial charge in [0.2, 0.25) is 0 Å². The number of hydrogen-bond donors (Lipinski definition) is 1. The summed E-state index contributed by atoms with van der Waals surface area (Å²) in [7, 11) is 0. The number of benzene rings is 1. The molecule has 0 heterocycles. The highest BCUT2D eigenvalue weighted by Gasteiger charge is 2.24. The lowest BCUT2D eigenvalue weighted by Crippen LogP contribution is -2.24. The van der Waals surface area contributed by atoms with Gasteiger partial charge in [-0.1, -0.05) is 19.3 Å². The molecule has 16 heavy (non-hydrogen) atoms. The van der Waals surface area contributed by atoms with Gasteiger partial charge in [0, 0.05) is 11.6 Å². The van der Waals surface area contributed by atoms with E-state index < -0.39 is 5.82 Å². The Morgan fingerprint density at radius 3 is 2.50 bits per heavy atom. The highest BCUT2D eigenvalue weighted by Crippen LogP contribution is 2.33. The predicted octanol–water partition coefficient (Wildman–Crippen LogP) is 3.54. The zero-order valence-electron chi connectivity index (χ0n) is 9.26. The first-order chi connectivity index (χ1) is 7.68. The Balaban J connectivity index is 2.18. The highest BCUT2D eigenvalue weighted by molar-refractivity contribution is 5.22. The zero-order valence-corrected chi connectivity index (χ0v) is 9.26. The van der Waals surface area contributed by atoms with E-state index >= 15 is 0 Å². The van der Waals surface area contributed by atoms with E-state index in [1.807, 2.05) is 0 Å². The molecule has 0 bridgehead atoms. The van der Waals surface area contributed by atoms with Crippen molar-refractivity contribution < 1.29 is 8.78 Å². The molecule has 2 rings (SSSR count). The van der Waals surface area contributed by atoms with Crippen LogP contribution in [0, 0.1) is 17.6 Å². The van der Waals surface area contributed by atoms with Crippen molar-refractivity contribution in [3.05, 3.63) is 35.4 Å². The Morgan fingerprint density at radius 2 is 1.81 bits per heavy atom. The van der Waals surface area contributed by atoms with Gasteiger partial charge in [-0.3, -0.25) is 0 Å². The lowest BCUT2D eigenvalue weighted by Gasteiger charge is -2.27. The van der Waals surface area contributed by atoms with Gasteiger partial charge in [0.25, 0.3) is 0 Å². The number of halogens is 2. The largest absolute Gasteiger partial charge is 0.324 e. The third-order valence-corrected chi connectivity index (χ3v) is 3.47. The maximum absolute atomic E-state index is 13.5. The van der Waals surface area contributed by atoms with Crippen LogP contribution >= 0.6 is 0 Å². The van der Waals surface area contributed by atoms with Crippen molar-refractivity contribution in [1.82, 2.24) is 0 Å². The van der Waals surface area contributed by atoms with Crippen LogP contribution in [0.4, 0.5) is 8.78 Å². The van der Waals surface area contributed by atoms with E-state index in [-0.39, 0.29) is 11.9 Å². The second kappa shape index (κ2) is 4.91. The molecule has 1 aliphatic rings. The summed E-state index contributed by atoms with van der Waals surface area (Å²) in [5, 5.41) is 0. The highest BCUT2D eigenvalue weighted by atomic mass is 19.1. The summed E-state index contributed by atoms with van der Waals surface area (Å²) >= 11 is 0. The monoisotopic (exact) mass is 225 g/mol. The second-order valence-corrected chi connectivity index (χ2v) is 4.59. The van der Waals surface area contributed by atoms with Gasteiger partial charge in [-0.05, 0) is 37.0 Å². The smallest absolute Gasteiger partial charge is 0.128 e. The molecule has 3 heteroatoms. The average molecular weight is 225 g/mol. The molecule has 1 atom stereocenters. The second-order valence-electron chi connectivity index (χ2n) is 4.59. The van der Waals surface area contributed by atoms with Crippen LogP contribution in [0.25, 0.3) is 0 Å². The van der Waals surface area contributed by atoms with E-state index in [9.17, 15) is 8.78 Å². The minimum Gasteiger partial charge on any atom is -0.324 e. The molecule has 1 aromatic carbocycles. The van der Waals surface area contributed by atoms with E-state index in [4.69, 9.17) is 5.73 Å². The van der Waals surface area contributed by atoms with Crippen molar-refractivity contribution in [3.63, 3.8) is 0 Å². The number of nitrogens with two attached hydrogens (primary N) is 1. The average Bonchev–Trinajstić information content (AvgIpc) is 2.32. The SMILES string of the molecule is NC(c1cc(F)ccc1F)C1CCCCC1. The molecule has 0 amide bonds. The van der Waals surface area contributed by atoms with Crippen LogP contribution in [0.2, 0.25) is 0 Å². The molecular formula is C13H17F2N. The maximum Gasteiger partial charge on any atom is 0.128 e. The minimum absolute atomic E-state index is 0.296. The van der Waals surface area contributed by atoms with Gasteiger partial charge in [0.15, 0.2) is 0 Å². The third-order valence-electron chi connectivity index (χ3n) is 3.47. The molecule has 1 nitrogen and oxygen atoms in total. The van der Waals surface area contributed by atoms with Crippen LogP contribution in [0.3, 0.4) is 0 Å². The van der Waals surface area contributed by atoms with E-state index in [0.717, 1.165) is 37.8 Å². The molecule has 1 aromatic rings. The van der Waals surface area contributed by atoms with Crippen molar-refractivity contribution >= 4 is 0 Å². The van der Waals surface area contributed by atoms with E-state index in [1.165, 1.54) is 12.5 Å². The van der Waals surface area contributed by atoms with Gasteiger partial charge in [0.1, 0.15) is 11.6 Å². The molecule has 88 valence electrons. The maximum atomic E-state index is 13.5. The quantitative estimate of drug-likeness (QED) is 0.818. The fourth-order valence-corrected chi connectivity index (χ4v) is 2.52. The van der Waals surface area contributed by atoms with Gasteiger partial charge in [-0.25, -0.2) is 8.78 Å². The lowest BCUT2D eigenvalue weighted by atomic mass is 9.81. The Kier molecular flexibility index (Phi) is 3.54. The molecule has 1 fully saturated rings. The summed E-state index contributed by atoms with van der Waals surface area (Å²) in [5.74, 6) is -0.507. The number of rotatable bonds is 2. The van der Waals surface area contributed by atoms with Crippen LogP contribution in [0.1, 0.15) is 43.7 Å². The predicted molar refractivity (Wildman–Crippen MR) is 59.9 cm³/mol. The molecule has 0 spiro atoms. The molecule has 2 N–H and O–H groups in total. The fourth-order valence-electron chi connectivity index (χ4n) is 2.52. The molecular weight excluding hydrogens is 208 g/mol. The molecule has 0 aromatic heterocycles. The summed E-state index contributed by atoms with van der Waals surface area (Å²) in [4.78, 5) is 0. The Bertz CT molecular complexity index is 359.